The van der Waals surface area contributed by atoms with Crippen molar-refractivity contribution in [3.8, 4) is 22.4 Å². The lowest BCUT2D eigenvalue weighted by atomic mass is 10.2. The minimum atomic E-state index is -4.89. The summed E-state index contributed by atoms with van der Waals surface area (Å²) >= 11 is 0.871. The van der Waals surface area contributed by atoms with Crippen LogP contribution in [0.2, 0.25) is 0 Å². The summed E-state index contributed by atoms with van der Waals surface area (Å²) in [6, 6.07) is 5.99. The van der Waals surface area contributed by atoms with Crippen LogP contribution in [-0.4, -0.2) is 30.4 Å². The average molecular weight is 458 g/mol. The zero-order valence-electron chi connectivity index (χ0n) is 15.9. The Morgan fingerprint density at radius 2 is 1.74 bits per heavy atom. The van der Waals surface area contributed by atoms with Crippen LogP contribution in [0.5, 0.6) is 22.4 Å². The summed E-state index contributed by atoms with van der Waals surface area (Å²) in [4.78, 5) is 12.0. The normalized spacial score (nSPS) is 11.0. The molecule has 164 valence electrons. The van der Waals surface area contributed by atoms with E-state index in [2.05, 4.69) is 20.8 Å². The third kappa shape index (κ3) is 5.51. The summed E-state index contributed by atoms with van der Waals surface area (Å²) in [5.41, 5.74) is -1.75. The third-order valence-electron chi connectivity index (χ3n) is 3.72. The Kier molecular flexibility index (Phi) is 6.44. The van der Waals surface area contributed by atoms with Gasteiger partial charge >= 0.3 is 17.4 Å². The van der Waals surface area contributed by atoms with Crippen LogP contribution in [0.25, 0.3) is 0 Å². The van der Waals surface area contributed by atoms with Gasteiger partial charge in [-0.05, 0) is 41.7 Å². The molecule has 3 rings (SSSR count). The van der Waals surface area contributed by atoms with Crippen LogP contribution in [-0.2, 0) is 6.18 Å². The fourth-order valence-electron chi connectivity index (χ4n) is 2.36. The smallest absolute Gasteiger partial charge is 0.419 e. The lowest BCUT2D eigenvalue weighted by Gasteiger charge is -2.11. The van der Waals surface area contributed by atoms with E-state index in [4.69, 9.17) is 14.2 Å². The second kappa shape index (κ2) is 9.04. The van der Waals surface area contributed by atoms with Crippen LogP contribution in [0.3, 0.4) is 0 Å². The molecule has 1 aromatic heterocycles. The summed E-state index contributed by atoms with van der Waals surface area (Å²) in [5.74, 6) is -0.143. The van der Waals surface area contributed by atoms with Gasteiger partial charge in [0.05, 0.1) is 19.8 Å². The number of aromatic nitrogens is 2. The molecule has 0 fully saturated rings. The molecule has 0 spiro atoms. The Hall–Kier alpha value is -3.61. The van der Waals surface area contributed by atoms with Crippen molar-refractivity contribution >= 4 is 28.2 Å². The molecule has 0 aliphatic heterocycles. The first-order valence-corrected chi connectivity index (χ1v) is 9.19. The molecular weight excluding hydrogens is 444 g/mol. The van der Waals surface area contributed by atoms with Gasteiger partial charge in [-0.15, -0.1) is 5.10 Å². The third-order valence-corrected chi connectivity index (χ3v) is 4.43. The van der Waals surface area contributed by atoms with Gasteiger partial charge in [0.15, 0.2) is 11.5 Å². The molecule has 0 atom stereocenters. The molecule has 1 heterocycles. The standard InChI is InChI=1S/C18H14F4N4O4S/c1-28-13-6-4-10(8-14(13)29-2)30-17-26-25-16(31-17)24-15(27)23-9-3-5-12(19)11(7-9)18(20,21)22/h3-8H,1-2H3,(H2,23,24,25,27). The number of halogens is 4. The quantitative estimate of drug-likeness (QED) is 0.496. The van der Waals surface area contributed by atoms with Gasteiger partial charge in [-0.25, -0.2) is 9.18 Å². The Balaban J connectivity index is 1.64. The van der Waals surface area contributed by atoms with E-state index in [1.165, 1.54) is 14.2 Å². The van der Waals surface area contributed by atoms with Crippen molar-refractivity contribution in [2.75, 3.05) is 24.9 Å². The lowest BCUT2D eigenvalue weighted by Crippen LogP contribution is -2.20. The van der Waals surface area contributed by atoms with E-state index < -0.39 is 23.6 Å². The van der Waals surface area contributed by atoms with Crippen molar-refractivity contribution in [2.24, 2.45) is 0 Å². The summed E-state index contributed by atoms with van der Waals surface area (Å²) in [5, 5.41) is 12.1. The molecule has 2 amide bonds. The molecule has 0 aliphatic carbocycles. The first-order valence-electron chi connectivity index (χ1n) is 8.37. The molecule has 3 aromatic rings. The minimum absolute atomic E-state index is 0.0196. The highest BCUT2D eigenvalue weighted by molar-refractivity contribution is 7.17. The highest BCUT2D eigenvalue weighted by atomic mass is 32.1. The van der Waals surface area contributed by atoms with Crippen LogP contribution in [0.4, 0.5) is 33.2 Å². The van der Waals surface area contributed by atoms with E-state index in [9.17, 15) is 22.4 Å². The highest BCUT2D eigenvalue weighted by Crippen LogP contribution is 2.35. The lowest BCUT2D eigenvalue weighted by molar-refractivity contribution is -0.139. The first-order chi connectivity index (χ1) is 14.7. The summed E-state index contributed by atoms with van der Waals surface area (Å²) in [6.07, 6.45) is -4.89. The number of carbonyl (C=O) groups excluding carboxylic acids is 1. The van der Waals surface area contributed by atoms with Gasteiger partial charge in [0, 0.05) is 11.8 Å². The van der Waals surface area contributed by atoms with Crippen molar-refractivity contribution in [1.29, 1.82) is 0 Å². The largest absolute Gasteiger partial charge is 0.493 e. The SMILES string of the molecule is COc1ccc(Oc2nnc(NC(=O)Nc3ccc(F)c(C(F)(F)F)c3)s2)cc1OC. The number of carbonyl (C=O) groups is 1. The number of nitrogens with zero attached hydrogens (tertiary/aromatic N) is 2. The van der Waals surface area contributed by atoms with Gasteiger partial charge in [-0.2, -0.15) is 13.2 Å². The van der Waals surface area contributed by atoms with Crippen molar-refractivity contribution in [3.63, 3.8) is 0 Å². The Bertz CT molecular complexity index is 1090. The Morgan fingerprint density at radius 1 is 1.00 bits per heavy atom. The number of hydrogen-bond donors (Lipinski definition) is 2. The summed E-state index contributed by atoms with van der Waals surface area (Å²) in [7, 11) is 2.95. The fraction of sp³-hybridized carbons (Fsp3) is 0.167. The van der Waals surface area contributed by atoms with Crippen molar-refractivity contribution in [3.05, 3.63) is 47.8 Å². The molecule has 8 nitrogen and oxygen atoms in total. The molecule has 31 heavy (non-hydrogen) atoms. The second-order valence-electron chi connectivity index (χ2n) is 5.76. The van der Waals surface area contributed by atoms with Gasteiger partial charge in [0.25, 0.3) is 0 Å². The maximum Gasteiger partial charge on any atom is 0.419 e. The predicted molar refractivity (Wildman–Crippen MR) is 104 cm³/mol. The van der Waals surface area contributed by atoms with Crippen LogP contribution < -0.4 is 24.8 Å². The molecule has 2 aromatic carbocycles. The van der Waals surface area contributed by atoms with Crippen molar-refractivity contribution < 1.29 is 36.6 Å². The van der Waals surface area contributed by atoms with Crippen LogP contribution in [0.15, 0.2) is 36.4 Å². The number of amides is 2. The van der Waals surface area contributed by atoms with Gasteiger partial charge in [0.2, 0.25) is 5.13 Å². The number of urea groups is 1. The van der Waals surface area contributed by atoms with Crippen LogP contribution in [0, 0.1) is 5.82 Å². The molecule has 13 heteroatoms. The highest BCUT2D eigenvalue weighted by Gasteiger charge is 2.34. The van der Waals surface area contributed by atoms with E-state index in [0.717, 1.165) is 17.4 Å². The van der Waals surface area contributed by atoms with Crippen LogP contribution in [0.1, 0.15) is 5.56 Å². The number of rotatable bonds is 6. The van der Waals surface area contributed by atoms with E-state index in [0.29, 0.717) is 29.4 Å². The summed E-state index contributed by atoms with van der Waals surface area (Å²) < 4.78 is 67.5. The van der Waals surface area contributed by atoms with E-state index in [1.54, 1.807) is 18.2 Å². The average Bonchev–Trinajstić information content (AvgIpc) is 3.14. The maximum absolute atomic E-state index is 13.3. The zero-order valence-corrected chi connectivity index (χ0v) is 16.7. The number of hydrogen-bond acceptors (Lipinski definition) is 7. The van der Waals surface area contributed by atoms with Crippen LogP contribution >= 0.6 is 11.3 Å². The number of alkyl halides is 3. The number of anilines is 2. The topological polar surface area (TPSA) is 94.6 Å². The zero-order chi connectivity index (χ0) is 22.6. The van der Waals surface area contributed by atoms with E-state index in [1.807, 2.05) is 0 Å². The van der Waals surface area contributed by atoms with Gasteiger partial charge in [0.1, 0.15) is 11.6 Å². The predicted octanol–water partition coefficient (Wildman–Crippen LogP) is 5.15. The first kappa shape index (κ1) is 22.1. The molecule has 0 radical (unpaired) electrons. The van der Waals surface area contributed by atoms with Gasteiger partial charge in [-0.3, -0.25) is 5.32 Å². The number of benzene rings is 2. The van der Waals surface area contributed by atoms with Gasteiger partial charge in [-0.1, -0.05) is 5.10 Å². The van der Waals surface area contributed by atoms with E-state index >= 15 is 0 Å². The molecule has 0 saturated heterocycles. The minimum Gasteiger partial charge on any atom is -0.493 e. The van der Waals surface area contributed by atoms with E-state index in [-0.39, 0.29) is 16.0 Å². The van der Waals surface area contributed by atoms with Crippen molar-refractivity contribution in [2.45, 2.75) is 6.18 Å². The molecule has 0 unspecified atom stereocenters. The molecule has 0 aliphatic rings. The Morgan fingerprint density at radius 3 is 2.42 bits per heavy atom. The van der Waals surface area contributed by atoms with Crippen molar-refractivity contribution in [1.82, 2.24) is 10.2 Å². The molecule has 0 saturated carbocycles. The summed E-state index contributed by atoms with van der Waals surface area (Å²) in [6.45, 7) is 0. The monoisotopic (exact) mass is 458 g/mol. The number of methoxy groups -OCH3 is 2. The van der Waals surface area contributed by atoms with Gasteiger partial charge < -0.3 is 19.5 Å². The molecular formula is C18H14F4N4O4S. The number of ether oxygens (including phenoxy) is 3. The molecule has 2 N–H and O–H groups in total. The fourth-order valence-corrected chi connectivity index (χ4v) is 2.97. The number of nitrogens with one attached hydrogen (secondary N) is 2. The maximum atomic E-state index is 13.3. The Labute approximate surface area is 176 Å². The molecule has 0 bridgehead atoms. The second-order valence-corrected chi connectivity index (χ2v) is 6.70.